The van der Waals surface area contributed by atoms with E-state index in [4.69, 9.17) is 14.5 Å². The molecule has 2 aromatic carbocycles. The summed E-state index contributed by atoms with van der Waals surface area (Å²) in [6, 6.07) is 14.3. The second-order valence-electron chi connectivity index (χ2n) is 6.91. The van der Waals surface area contributed by atoms with Crippen molar-refractivity contribution >= 4 is 17.0 Å². The van der Waals surface area contributed by atoms with Crippen LogP contribution in [0.3, 0.4) is 0 Å². The van der Waals surface area contributed by atoms with Gasteiger partial charge in [-0.15, -0.1) is 0 Å². The first-order valence-electron chi connectivity index (χ1n) is 10.1. The zero-order chi connectivity index (χ0) is 19.9. The molecule has 0 radical (unpaired) electrons. The van der Waals surface area contributed by atoms with Gasteiger partial charge in [-0.25, -0.2) is 4.98 Å². The third-order valence-corrected chi connectivity index (χ3v) is 4.84. The summed E-state index contributed by atoms with van der Waals surface area (Å²) < 4.78 is 13.0. The molecule has 152 valence electrons. The predicted octanol–water partition coefficient (Wildman–Crippen LogP) is 2.95. The van der Waals surface area contributed by atoms with E-state index in [-0.39, 0.29) is 0 Å². The molecule has 3 aromatic rings. The molecule has 0 amide bonds. The molecule has 7 nitrogen and oxygen atoms in total. The number of imidazole rings is 1. The maximum Gasteiger partial charge on any atom is 0.231 e. The number of hydrogen-bond acceptors (Lipinski definition) is 4. The van der Waals surface area contributed by atoms with Gasteiger partial charge in [-0.3, -0.25) is 4.99 Å². The molecule has 2 N–H and O–H groups in total. The lowest BCUT2D eigenvalue weighted by Gasteiger charge is -2.11. The summed E-state index contributed by atoms with van der Waals surface area (Å²) in [5, 5.41) is 6.72. The van der Waals surface area contributed by atoms with Crippen molar-refractivity contribution in [2.75, 3.05) is 26.4 Å². The summed E-state index contributed by atoms with van der Waals surface area (Å²) in [5.41, 5.74) is 3.42. The smallest absolute Gasteiger partial charge is 0.231 e. The van der Waals surface area contributed by atoms with Crippen molar-refractivity contribution in [2.24, 2.45) is 4.99 Å². The molecular formula is C22H27N5O2. The highest BCUT2D eigenvalue weighted by atomic mass is 16.7. The highest BCUT2D eigenvalue weighted by Gasteiger charge is 2.12. The first kappa shape index (κ1) is 19.1. The van der Waals surface area contributed by atoms with Gasteiger partial charge in [-0.1, -0.05) is 18.2 Å². The van der Waals surface area contributed by atoms with Gasteiger partial charge in [0.25, 0.3) is 0 Å². The summed E-state index contributed by atoms with van der Waals surface area (Å²) in [7, 11) is 0. The summed E-state index contributed by atoms with van der Waals surface area (Å²) >= 11 is 0. The van der Waals surface area contributed by atoms with Crippen LogP contribution in [0.15, 0.2) is 53.8 Å². The fraction of sp³-hybridized carbons (Fsp3) is 0.364. The van der Waals surface area contributed by atoms with E-state index in [1.165, 1.54) is 11.1 Å². The van der Waals surface area contributed by atoms with E-state index in [1.54, 1.807) is 0 Å². The Morgan fingerprint density at radius 1 is 1.14 bits per heavy atom. The Morgan fingerprint density at radius 2 is 2.03 bits per heavy atom. The number of rotatable bonds is 8. The Kier molecular flexibility index (Phi) is 6.14. The van der Waals surface area contributed by atoms with Crippen molar-refractivity contribution in [3.8, 4) is 11.5 Å². The molecule has 0 fully saturated rings. The first-order chi connectivity index (χ1) is 14.3. The van der Waals surface area contributed by atoms with Crippen LogP contribution in [0.4, 0.5) is 0 Å². The van der Waals surface area contributed by atoms with E-state index >= 15 is 0 Å². The second-order valence-corrected chi connectivity index (χ2v) is 6.91. The molecule has 4 rings (SSSR count). The Morgan fingerprint density at radius 3 is 2.97 bits per heavy atom. The highest BCUT2D eigenvalue weighted by Crippen LogP contribution is 2.32. The minimum Gasteiger partial charge on any atom is -0.454 e. The van der Waals surface area contributed by atoms with Crippen molar-refractivity contribution in [2.45, 2.75) is 26.3 Å². The lowest BCUT2D eigenvalue weighted by atomic mass is 10.1. The predicted molar refractivity (Wildman–Crippen MR) is 115 cm³/mol. The Bertz CT molecular complexity index is 982. The molecule has 0 saturated heterocycles. The van der Waals surface area contributed by atoms with E-state index in [0.717, 1.165) is 62.0 Å². The first-order valence-corrected chi connectivity index (χ1v) is 10.1. The number of aryl methyl sites for hydroxylation is 1. The molecule has 7 heteroatoms. The van der Waals surface area contributed by atoms with Gasteiger partial charge < -0.3 is 24.7 Å². The van der Waals surface area contributed by atoms with Crippen LogP contribution in [0.25, 0.3) is 11.0 Å². The molecule has 0 spiro atoms. The summed E-state index contributed by atoms with van der Waals surface area (Å²) in [6.45, 7) is 5.68. The number of guanidine groups is 1. The number of fused-ring (bicyclic) bond motifs is 2. The number of ether oxygens (including phenoxy) is 2. The number of nitrogens with zero attached hydrogens (tertiary/aromatic N) is 3. The molecule has 1 aliphatic rings. The van der Waals surface area contributed by atoms with Crippen molar-refractivity contribution in [1.29, 1.82) is 0 Å². The van der Waals surface area contributed by atoms with Gasteiger partial charge >= 0.3 is 0 Å². The minimum atomic E-state index is 0.309. The molecule has 0 aliphatic carbocycles. The lowest BCUT2D eigenvalue weighted by Crippen LogP contribution is -2.38. The molecule has 0 bridgehead atoms. The SMILES string of the molecule is CCNC(=NCCCn1cnc2ccccc21)NCCc1ccc2c(c1)OCO2. The Hall–Kier alpha value is -3.22. The number of nitrogens with one attached hydrogen (secondary N) is 2. The van der Waals surface area contributed by atoms with E-state index in [1.807, 2.05) is 36.7 Å². The number of benzene rings is 2. The zero-order valence-electron chi connectivity index (χ0n) is 16.7. The topological polar surface area (TPSA) is 72.7 Å². The standard InChI is InChI=1S/C22H27N5O2/c1-2-23-22(25-12-10-17-8-9-20-21(14-17)29-16-28-20)24-11-5-13-27-15-26-18-6-3-4-7-19(18)27/h3-4,6-9,14-15H,2,5,10-13,16H2,1H3,(H2,23,24,25). The van der Waals surface area contributed by atoms with Crippen LogP contribution in [-0.2, 0) is 13.0 Å². The van der Waals surface area contributed by atoms with Crippen molar-refractivity contribution in [3.05, 3.63) is 54.4 Å². The van der Waals surface area contributed by atoms with Gasteiger partial charge in [-0.05, 0) is 49.6 Å². The third kappa shape index (κ3) is 4.80. The molecule has 1 aromatic heterocycles. The molecule has 0 saturated carbocycles. The van der Waals surface area contributed by atoms with Gasteiger partial charge in [0.1, 0.15) is 0 Å². The van der Waals surface area contributed by atoms with Crippen LogP contribution in [0.1, 0.15) is 18.9 Å². The van der Waals surface area contributed by atoms with Gasteiger partial charge in [-0.2, -0.15) is 0 Å². The Balaban J connectivity index is 1.25. The minimum absolute atomic E-state index is 0.309. The van der Waals surface area contributed by atoms with Crippen LogP contribution in [0.5, 0.6) is 11.5 Å². The van der Waals surface area contributed by atoms with Crippen LogP contribution in [0.2, 0.25) is 0 Å². The Labute approximate surface area is 170 Å². The van der Waals surface area contributed by atoms with E-state index in [9.17, 15) is 0 Å². The fourth-order valence-corrected chi connectivity index (χ4v) is 3.38. The number of para-hydroxylation sites is 2. The normalized spacial score (nSPS) is 13.1. The van der Waals surface area contributed by atoms with Crippen LogP contribution in [0, 0.1) is 0 Å². The molecule has 29 heavy (non-hydrogen) atoms. The van der Waals surface area contributed by atoms with Gasteiger partial charge in [0.05, 0.1) is 17.4 Å². The van der Waals surface area contributed by atoms with E-state index in [2.05, 4.69) is 39.2 Å². The average molecular weight is 393 g/mol. The highest BCUT2D eigenvalue weighted by molar-refractivity contribution is 5.79. The van der Waals surface area contributed by atoms with Crippen molar-refractivity contribution < 1.29 is 9.47 Å². The quantitative estimate of drug-likeness (QED) is 0.350. The van der Waals surface area contributed by atoms with Crippen molar-refractivity contribution in [3.63, 3.8) is 0 Å². The van der Waals surface area contributed by atoms with Gasteiger partial charge in [0.15, 0.2) is 17.5 Å². The maximum atomic E-state index is 5.44. The monoisotopic (exact) mass is 393 g/mol. The molecule has 2 heterocycles. The number of aromatic nitrogens is 2. The van der Waals surface area contributed by atoms with E-state index < -0.39 is 0 Å². The zero-order valence-corrected chi connectivity index (χ0v) is 16.7. The van der Waals surface area contributed by atoms with Crippen LogP contribution >= 0.6 is 0 Å². The summed E-state index contributed by atoms with van der Waals surface area (Å²) in [6.07, 6.45) is 3.75. The van der Waals surface area contributed by atoms with Gasteiger partial charge in [0.2, 0.25) is 6.79 Å². The average Bonchev–Trinajstić information content (AvgIpc) is 3.37. The molecule has 1 aliphatic heterocycles. The fourth-order valence-electron chi connectivity index (χ4n) is 3.38. The van der Waals surface area contributed by atoms with Crippen molar-refractivity contribution in [1.82, 2.24) is 20.2 Å². The summed E-state index contributed by atoms with van der Waals surface area (Å²) in [4.78, 5) is 9.14. The second kappa shape index (κ2) is 9.32. The molecule has 0 atom stereocenters. The number of aliphatic imine (C=N–C) groups is 1. The van der Waals surface area contributed by atoms with Crippen LogP contribution < -0.4 is 20.1 Å². The van der Waals surface area contributed by atoms with Gasteiger partial charge in [0, 0.05) is 26.2 Å². The molecular weight excluding hydrogens is 366 g/mol. The van der Waals surface area contributed by atoms with E-state index in [0.29, 0.717) is 6.79 Å². The largest absolute Gasteiger partial charge is 0.454 e. The maximum absolute atomic E-state index is 5.44. The summed E-state index contributed by atoms with van der Waals surface area (Å²) in [5.74, 6) is 2.50. The number of hydrogen-bond donors (Lipinski definition) is 2. The van der Waals surface area contributed by atoms with Crippen LogP contribution in [-0.4, -0.2) is 41.9 Å². The molecule has 0 unspecified atom stereocenters. The third-order valence-electron chi connectivity index (χ3n) is 4.84. The lowest BCUT2D eigenvalue weighted by molar-refractivity contribution is 0.174.